The van der Waals surface area contributed by atoms with Gasteiger partial charge < -0.3 is 0 Å². The van der Waals surface area contributed by atoms with Crippen molar-refractivity contribution in [3.8, 4) is 0 Å². The monoisotopic (exact) mass is 238 g/mol. The highest BCUT2D eigenvalue weighted by atomic mass is 32.2. The SMILES string of the molecule is NS(=O)(=O)ONc1cccc2ccccc12. The molecule has 2 aromatic carbocycles. The van der Waals surface area contributed by atoms with Crippen molar-refractivity contribution in [2.75, 3.05) is 5.48 Å². The van der Waals surface area contributed by atoms with Crippen LogP contribution in [0.3, 0.4) is 0 Å². The third kappa shape index (κ3) is 2.48. The summed E-state index contributed by atoms with van der Waals surface area (Å²) in [5, 5.41) is 6.55. The maximum Gasteiger partial charge on any atom is 0.354 e. The summed E-state index contributed by atoms with van der Waals surface area (Å²) in [6.45, 7) is 0. The zero-order valence-corrected chi connectivity index (χ0v) is 9.07. The lowest BCUT2D eigenvalue weighted by molar-refractivity contribution is 0.392. The molecule has 5 nitrogen and oxygen atoms in total. The van der Waals surface area contributed by atoms with Gasteiger partial charge in [0.25, 0.3) is 0 Å². The van der Waals surface area contributed by atoms with Crippen LogP contribution >= 0.6 is 0 Å². The number of anilines is 1. The molecule has 0 aliphatic rings. The zero-order valence-electron chi connectivity index (χ0n) is 8.25. The number of hydrogen-bond donors (Lipinski definition) is 2. The fraction of sp³-hybridized carbons (Fsp3) is 0. The number of benzene rings is 2. The first-order chi connectivity index (χ1) is 7.56. The Morgan fingerprint density at radius 3 is 2.50 bits per heavy atom. The van der Waals surface area contributed by atoms with E-state index in [-0.39, 0.29) is 0 Å². The van der Waals surface area contributed by atoms with Crippen LogP contribution in [0.15, 0.2) is 42.5 Å². The predicted molar refractivity (Wildman–Crippen MR) is 61.8 cm³/mol. The molecule has 16 heavy (non-hydrogen) atoms. The highest BCUT2D eigenvalue weighted by Gasteiger charge is 2.04. The van der Waals surface area contributed by atoms with E-state index in [1.807, 2.05) is 30.3 Å². The molecule has 2 aromatic rings. The van der Waals surface area contributed by atoms with E-state index < -0.39 is 10.3 Å². The summed E-state index contributed by atoms with van der Waals surface area (Å²) in [7, 11) is -4.00. The smallest absolute Gasteiger partial charge is 0.248 e. The van der Waals surface area contributed by atoms with Gasteiger partial charge in [-0.1, -0.05) is 36.4 Å². The fourth-order valence-electron chi connectivity index (χ4n) is 1.42. The van der Waals surface area contributed by atoms with Crippen LogP contribution in [-0.2, 0) is 14.6 Å². The number of rotatable bonds is 3. The van der Waals surface area contributed by atoms with Crippen molar-refractivity contribution in [3.05, 3.63) is 42.5 Å². The van der Waals surface area contributed by atoms with Crippen molar-refractivity contribution >= 4 is 26.8 Å². The molecule has 0 heterocycles. The molecule has 0 atom stereocenters. The van der Waals surface area contributed by atoms with Crippen molar-refractivity contribution in [1.82, 2.24) is 0 Å². The van der Waals surface area contributed by atoms with Gasteiger partial charge in [-0.2, -0.15) is 8.42 Å². The van der Waals surface area contributed by atoms with Crippen molar-refractivity contribution < 1.29 is 12.7 Å². The lowest BCUT2D eigenvalue weighted by Crippen LogP contribution is -2.19. The normalized spacial score (nSPS) is 11.6. The van der Waals surface area contributed by atoms with E-state index in [4.69, 9.17) is 5.14 Å². The average molecular weight is 238 g/mol. The molecule has 0 spiro atoms. The lowest BCUT2D eigenvalue weighted by atomic mass is 10.1. The summed E-state index contributed by atoms with van der Waals surface area (Å²) in [6.07, 6.45) is 0. The maximum atomic E-state index is 10.6. The first kappa shape index (κ1) is 10.9. The Hall–Kier alpha value is -1.63. The summed E-state index contributed by atoms with van der Waals surface area (Å²) in [5.41, 5.74) is 2.86. The van der Waals surface area contributed by atoms with Crippen LogP contribution in [0, 0.1) is 0 Å². The molecule has 0 amide bonds. The van der Waals surface area contributed by atoms with E-state index in [9.17, 15) is 8.42 Å². The Morgan fingerprint density at radius 1 is 1.06 bits per heavy atom. The highest BCUT2D eigenvalue weighted by Crippen LogP contribution is 2.22. The second-order valence-corrected chi connectivity index (χ2v) is 4.36. The summed E-state index contributed by atoms with van der Waals surface area (Å²) >= 11 is 0. The minimum atomic E-state index is -4.00. The molecule has 0 fully saturated rings. The van der Waals surface area contributed by atoms with E-state index in [2.05, 4.69) is 9.76 Å². The Bertz CT molecular complexity index is 605. The van der Waals surface area contributed by atoms with Gasteiger partial charge in [0, 0.05) is 5.39 Å². The van der Waals surface area contributed by atoms with Gasteiger partial charge in [-0.05, 0) is 11.5 Å². The molecule has 0 aliphatic heterocycles. The van der Waals surface area contributed by atoms with Gasteiger partial charge in [0.1, 0.15) is 0 Å². The predicted octanol–water partition coefficient (Wildman–Crippen LogP) is 1.39. The molecule has 3 N–H and O–H groups in total. The number of hydrogen-bond acceptors (Lipinski definition) is 4. The second-order valence-electron chi connectivity index (χ2n) is 3.20. The van der Waals surface area contributed by atoms with Crippen LogP contribution < -0.4 is 10.6 Å². The Balaban J connectivity index is 2.38. The number of nitrogens with one attached hydrogen (secondary N) is 1. The van der Waals surface area contributed by atoms with Crippen LogP contribution in [0.5, 0.6) is 0 Å². The van der Waals surface area contributed by atoms with E-state index in [1.54, 1.807) is 12.1 Å². The summed E-state index contributed by atoms with van der Waals surface area (Å²) < 4.78 is 25.6. The second kappa shape index (κ2) is 4.09. The molecule has 0 bridgehead atoms. The van der Waals surface area contributed by atoms with Crippen molar-refractivity contribution in [1.29, 1.82) is 0 Å². The van der Waals surface area contributed by atoms with Gasteiger partial charge in [-0.25, -0.2) is 10.6 Å². The lowest BCUT2D eigenvalue weighted by Gasteiger charge is -2.07. The highest BCUT2D eigenvalue weighted by molar-refractivity contribution is 7.84. The summed E-state index contributed by atoms with van der Waals surface area (Å²) in [6, 6.07) is 12.9. The average Bonchev–Trinajstić information content (AvgIpc) is 2.25. The molecule has 0 aromatic heterocycles. The van der Waals surface area contributed by atoms with Gasteiger partial charge >= 0.3 is 10.3 Å². The quantitative estimate of drug-likeness (QED) is 0.792. The van der Waals surface area contributed by atoms with E-state index >= 15 is 0 Å². The van der Waals surface area contributed by atoms with E-state index in [0.29, 0.717) is 5.69 Å². The Morgan fingerprint density at radius 2 is 1.75 bits per heavy atom. The van der Waals surface area contributed by atoms with Gasteiger partial charge in [0.05, 0.1) is 5.69 Å². The summed E-state index contributed by atoms with van der Waals surface area (Å²) in [5.74, 6) is 0. The maximum absolute atomic E-state index is 10.6. The molecule has 0 unspecified atom stereocenters. The van der Waals surface area contributed by atoms with E-state index in [0.717, 1.165) is 10.8 Å². The standard InChI is InChI=1S/C10H10N2O3S/c11-16(13,14)15-12-10-7-3-5-8-4-1-2-6-9(8)10/h1-7,12H,(H2,11,13,14). The molecule has 84 valence electrons. The number of fused-ring (bicyclic) bond motifs is 1. The van der Waals surface area contributed by atoms with E-state index in [1.165, 1.54) is 0 Å². The Labute approximate surface area is 93.0 Å². The molecule has 0 aliphatic carbocycles. The molecule has 0 saturated heterocycles. The Kier molecular flexibility index (Phi) is 2.78. The fourth-order valence-corrected chi connectivity index (χ4v) is 1.62. The zero-order chi connectivity index (χ0) is 11.6. The molecule has 0 saturated carbocycles. The van der Waals surface area contributed by atoms with Crippen molar-refractivity contribution in [2.24, 2.45) is 5.14 Å². The van der Waals surface area contributed by atoms with Crippen LogP contribution in [0.2, 0.25) is 0 Å². The van der Waals surface area contributed by atoms with Gasteiger partial charge in [0.15, 0.2) is 0 Å². The molecular formula is C10H10N2O3S. The van der Waals surface area contributed by atoms with Crippen LogP contribution in [0.25, 0.3) is 10.8 Å². The van der Waals surface area contributed by atoms with Crippen molar-refractivity contribution in [2.45, 2.75) is 0 Å². The molecule has 6 heteroatoms. The van der Waals surface area contributed by atoms with Crippen molar-refractivity contribution in [3.63, 3.8) is 0 Å². The van der Waals surface area contributed by atoms with Crippen LogP contribution in [0.1, 0.15) is 0 Å². The van der Waals surface area contributed by atoms with Gasteiger partial charge in [-0.3, -0.25) is 0 Å². The van der Waals surface area contributed by atoms with Gasteiger partial charge in [-0.15, -0.1) is 4.28 Å². The third-order valence-electron chi connectivity index (χ3n) is 2.06. The molecule has 0 radical (unpaired) electrons. The van der Waals surface area contributed by atoms with Crippen LogP contribution in [0.4, 0.5) is 5.69 Å². The van der Waals surface area contributed by atoms with Gasteiger partial charge in [0.2, 0.25) is 0 Å². The minimum absolute atomic E-state index is 0.548. The van der Waals surface area contributed by atoms with Crippen LogP contribution in [-0.4, -0.2) is 8.42 Å². The topological polar surface area (TPSA) is 81.4 Å². The number of nitrogens with two attached hydrogens (primary N) is 1. The largest absolute Gasteiger partial charge is 0.354 e. The first-order valence-electron chi connectivity index (χ1n) is 4.51. The third-order valence-corrected chi connectivity index (χ3v) is 2.37. The first-order valence-corrected chi connectivity index (χ1v) is 5.98. The molecule has 2 rings (SSSR count). The summed E-state index contributed by atoms with van der Waals surface area (Å²) in [4.78, 5) is 0. The molecular weight excluding hydrogens is 228 g/mol. The minimum Gasteiger partial charge on any atom is -0.248 e.